The zero-order valence-electron chi connectivity index (χ0n) is 11.9. The maximum atomic E-state index is 11.9. The van der Waals surface area contributed by atoms with Crippen LogP contribution in [0.2, 0.25) is 0 Å². The van der Waals surface area contributed by atoms with Gasteiger partial charge in [-0.2, -0.15) is 0 Å². The number of rotatable bonds is 7. The van der Waals surface area contributed by atoms with Crippen molar-refractivity contribution in [2.24, 2.45) is 5.92 Å². The van der Waals surface area contributed by atoms with Crippen LogP contribution in [-0.2, 0) is 14.8 Å². The van der Waals surface area contributed by atoms with Gasteiger partial charge in [-0.1, -0.05) is 0 Å². The van der Waals surface area contributed by atoms with Crippen LogP contribution in [0.1, 0.15) is 14.3 Å². The first-order chi connectivity index (χ1) is 8.58. The number of sulfonamides is 1. The van der Waals surface area contributed by atoms with Crippen molar-refractivity contribution in [2.75, 3.05) is 19.8 Å². The molecule has 1 fully saturated rings. The van der Waals surface area contributed by atoms with Gasteiger partial charge < -0.3 is 6.16 Å². The van der Waals surface area contributed by atoms with Gasteiger partial charge in [0.1, 0.15) is 0 Å². The summed E-state index contributed by atoms with van der Waals surface area (Å²) in [5.41, 5.74) is 0. The summed E-state index contributed by atoms with van der Waals surface area (Å²) in [6, 6.07) is 6.77. The van der Waals surface area contributed by atoms with E-state index in [1.165, 1.54) is 12.8 Å². The molecule has 0 heterocycles. The van der Waals surface area contributed by atoms with Crippen LogP contribution < -0.4 is 34.3 Å². The molecule has 1 aliphatic rings. The normalized spacial score (nSPS) is 15.0. The molecule has 2 rings (SSSR count). The van der Waals surface area contributed by atoms with Crippen molar-refractivity contribution in [3.8, 4) is 0 Å². The molecule has 1 aromatic rings. The van der Waals surface area contributed by atoms with Crippen LogP contribution in [-0.4, -0.2) is 28.2 Å². The van der Waals surface area contributed by atoms with Crippen molar-refractivity contribution in [3.05, 3.63) is 27.8 Å². The summed E-state index contributed by atoms with van der Waals surface area (Å²) in [7, 11) is -3.40. The summed E-state index contributed by atoms with van der Waals surface area (Å²) in [4.78, 5) is 0.296. The quantitative estimate of drug-likeness (QED) is 0.364. The molecular formula is C12H17INNaO3S. The van der Waals surface area contributed by atoms with Gasteiger partial charge >= 0.3 is 29.6 Å². The molecule has 0 aromatic heterocycles. The summed E-state index contributed by atoms with van der Waals surface area (Å²) in [5.74, 6) is 0.706. The summed E-state index contributed by atoms with van der Waals surface area (Å²) in [5, 5.41) is 0. The number of nitrogens with one attached hydrogen (secondary N) is 1. The average molecular weight is 405 g/mol. The molecule has 0 unspecified atom stereocenters. The van der Waals surface area contributed by atoms with Gasteiger partial charge in [-0.3, -0.25) is 0 Å². The van der Waals surface area contributed by atoms with Gasteiger partial charge in [-0.05, 0) is 65.6 Å². The second-order valence-corrected chi connectivity index (χ2v) is 7.38. The Hall–Kier alpha value is 0.820. The summed E-state index contributed by atoms with van der Waals surface area (Å²) in [6.07, 6.45) is 2.49. The zero-order valence-corrected chi connectivity index (χ0v) is 15.9. The minimum Gasteiger partial charge on any atom is -1.00 e. The minimum atomic E-state index is -3.40. The fourth-order valence-corrected chi connectivity index (χ4v) is 2.85. The monoisotopic (exact) mass is 405 g/mol. The van der Waals surface area contributed by atoms with Crippen LogP contribution in [0.15, 0.2) is 29.2 Å². The molecular weight excluding hydrogens is 388 g/mol. The first-order valence-electron chi connectivity index (χ1n) is 5.91. The minimum absolute atomic E-state index is 0. The molecule has 0 atom stereocenters. The predicted octanol–water partition coefficient (Wildman–Crippen LogP) is -0.887. The van der Waals surface area contributed by atoms with Crippen LogP contribution in [0.5, 0.6) is 0 Å². The van der Waals surface area contributed by atoms with Gasteiger partial charge in [-0.15, -0.1) is 0 Å². The number of halogens is 1. The molecule has 7 heteroatoms. The molecule has 0 amide bonds. The Labute approximate surface area is 151 Å². The Morgan fingerprint density at radius 1 is 1.32 bits per heavy atom. The fraction of sp³-hybridized carbons (Fsp3) is 0.500. The van der Waals surface area contributed by atoms with E-state index >= 15 is 0 Å². The second kappa shape index (κ2) is 8.31. The predicted molar refractivity (Wildman–Crippen MR) is 79.0 cm³/mol. The first kappa shape index (κ1) is 17.9. The van der Waals surface area contributed by atoms with Gasteiger partial charge in [0, 0.05) is 16.7 Å². The van der Waals surface area contributed by atoms with Crippen molar-refractivity contribution < 1.29 is 44.1 Å². The van der Waals surface area contributed by atoms with E-state index in [1.54, 1.807) is 24.3 Å². The molecule has 102 valence electrons. The number of benzene rings is 1. The number of hydrogen-bond donors (Lipinski definition) is 1. The maximum absolute atomic E-state index is 11.9. The van der Waals surface area contributed by atoms with E-state index in [-0.39, 0.29) is 31.0 Å². The Kier molecular flexibility index (Phi) is 7.81. The molecule has 1 saturated carbocycles. The van der Waals surface area contributed by atoms with Crippen molar-refractivity contribution >= 4 is 32.6 Å². The first-order valence-corrected chi connectivity index (χ1v) is 8.47. The maximum Gasteiger partial charge on any atom is 1.00 e. The smallest absolute Gasteiger partial charge is 1.00 e. The summed E-state index contributed by atoms with van der Waals surface area (Å²) < 4.78 is 32.7. The third-order valence-corrected chi connectivity index (χ3v) is 4.91. The summed E-state index contributed by atoms with van der Waals surface area (Å²) >= 11 is 2.14. The third-order valence-electron chi connectivity index (χ3n) is 2.71. The SMILES string of the molecule is O=S(=O)(NCCOCC1CC1)c1ccc(I)cc1.[H-].[Na+]. The topological polar surface area (TPSA) is 55.4 Å². The van der Waals surface area contributed by atoms with E-state index in [1.807, 2.05) is 0 Å². The van der Waals surface area contributed by atoms with E-state index in [4.69, 9.17) is 4.74 Å². The van der Waals surface area contributed by atoms with Gasteiger partial charge in [-0.25, -0.2) is 13.1 Å². The average Bonchev–Trinajstić information content (AvgIpc) is 3.13. The van der Waals surface area contributed by atoms with Crippen LogP contribution in [0, 0.1) is 9.49 Å². The van der Waals surface area contributed by atoms with E-state index in [9.17, 15) is 8.42 Å². The summed E-state index contributed by atoms with van der Waals surface area (Å²) in [6.45, 7) is 1.51. The van der Waals surface area contributed by atoms with Crippen molar-refractivity contribution in [2.45, 2.75) is 17.7 Å². The molecule has 1 aromatic carbocycles. The van der Waals surface area contributed by atoms with Crippen molar-refractivity contribution in [1.29, 1.82) is 0 Å². The molecule has 0 radical (unpaired) electrons. The van der Waals surface area contributed by atoms with E-state index in [0.717, 1.165) is 10.2 Å². The van der Waals surface area contributed by atoms with Crippen molar-refractivity contribution in [3.63, 3.8) is 0 Å². The Bertz CT molecular complexity index is 494. The Morgan fingerprint density at radius 2 is 1.95 bits per heavy atom. The van der Waals surface area contributed by atoms with Gasteiger partial charge in [0.15, 0.2) is 0 Å². The fourth-order valence-electron chi connectivity index (χ4n) is 1.48. The van der Waals surface area contributed by atoms with Crippen LogP contribution >= 0.6 is 22.6 Å². The molecule has 0 bridgehead atoms. The Morgan fingerprint density at radius 3 is 2.53 bits per heavy atom. The molecule has 0 saturated heterocycles. The van der Waals surface area contributed by atoms with E-state index < -0.39 is 10.0 Å². The molecule has 19 heavy (non-hydrogen) atoms. The number of ether oxygens (including phenoxy) is 1. The van der Waals surface area contributed by atoms with Gasteiger partial charge in [0.05, 0.1) is 11.5 Å². The second-order valence-electron chi connectivity index (χ2n) is 4.37. The largest absolute Gasteiger partial charge is 1.00 e. The van der Waals surface area contributed by atoms with Crippen LogP contribution in [0.4, 0.5) is 0 Å². The van der Waals surface area contributed by atoms with E-state index in [2.05, 4.69) is 27.3 Å². The van der Waals surface area contributed by atoms with Crippen LogP contribution in [0.25, 0.3) is 0 Å². The van der Waals surface area contributed by atoms with E-state index in [0.29, 0.717) is 24.0 Å². The third kappa shape index (κ3) is 6.41. The standard InChI is InChI=1S/C12H16INO3S.Na.H/c13-11-3-5-12(6-4-11)18(15,16)14-7-8-17-9-10-1-2-10;;/h3-6,10,14H,1-2,7-9H2;;/q;+1;-1. The molecule has 1 aliphatic carbocycles. The number of hydrogen-bond acceptors (Lipinski definition) is 3. The molecule has 0 spiro atoms. The van der Waals surface area contributed by atoms with Gasteiger partial charge in [0.25, 0.3) is 0 Å². The van der Waals surface area contributed by atoms with Crippen LogP contribution in [0.3, 0.4) is 0 Å². The molecule has 4 nitrogen and oxygen atoms in total. The zero-order chi connectivity index (χ0) is 13.0. The molecule has 0 aliphatic heterocycles. The van der Waals surface area contributed by atoms with Crippen molar-refractivity contribution in [1.82, 2.24) is 4.72 Å². The Balaban J connectivity index is 0.00000180. The molecule has 1 N–H and O–H groups in total. The van der Waals surface area contributed by atoms with Gasteiger partial charge in [0.2, 0.25) is 10.0 Å².